The number of nitrogen functional groups attached to an aromatic ring is 1. The molecule has 1 aromatic heterocycles. The second-order valence-corrected chi connectivity index (χ2v) is 8.08. The molecule has 0 bridgehead atoms. The highest BCUT2D eigenvalue weighted by atomic mass is 35.5. The smallest absolute Gasteiger partial charge is 0.263 e. The second kappa shape index (κ2) is 6.46. The maximum Gasteiger partial charge on any atom is 0.263 e. The first kappa shape index (κ1) is 15.0. The zero-order chi connectivity index (χ0) is 14.8. The van der Waals surface area contributed by atoms with Crippen LogP contribution < -0.4 is 11.1 Å². The van der Waals surface area contributed by atoms with Gasteiger partial charge in [-0.2, -0.15) is 11.8 Å². The van der Waals surface area contributed by atoms with Gasteiger partial charge in [0.15, 0.2) is 0 Å². The average Bonchev–Trinajstić information content (AvgIpc) is 2.83. The zero-order valence-corrected chi connectivity index (χ0v) is 13.9. The van der Waals surface area contributed by atoms with Crippen molar-refractivity contribution in [2.24, 2.45) is 0 Å². The Labute approximate surface area is 137 Å². The molecule has 2 aromatic rings. The average molecular weight is 341 g/mol. The van der Waals surface area contributed by atoms with Gasteiger partial charge in [0, 0.05) is 26.9 Å². The Morgan fingerprint density at radius 1 is 1.43 bits per heavy atom. The minimum absolute atomic E-state index is 0.0732. The molecule has 21 heavy (non-hydrogen) atoms. The van der Waals surface area contributed by atoms with Gasteiger partial charge in [-0.1, -0.05) is 18.0 Å². The number of amides is 1. The SMILES string of the molecule is Nc1c(C(=O)NCC2CCCCS2)sc2ccc(Cl)cc12. The van der Waals surface area contributed by atoms with Crippen molar-refractivity contribution in [3.8, 4) is 0 Å². The third-order valence-electron chi connectivity index (χ3n) is 3.66. The van der Waals surface area contributed by atoms with E-state index < -0.39 is 0 Å². The number of halogens is 1. The first-order chi connectivity index (χ1) is 10.1. The minimum Gasteiger partial charge on any atom is -0.397 e. The summed E-state index contributed by atoms with van der Waals surface area (Å²) in [6, 6.07) is 5.54. The van der Waals surface area contributed by atoms with Crippen molar-refractivity contribution in [1.82, 2.24) is 5.32 Å². The number of rotatable bonds is 3. The molecule has 2 heterocycles. The largest absolute Gasteiger partial charge is 0.397 e. The van der Waals surface area contributed by atoms with Gasteiger partial charge in [0.2, 0.25) is 0 Å². The number of thiophene rings is 1. The van der Waals surface area contributed by atoms with E-state index in [1.165, 1.54) is 36.4 Å². The summed E-state index contributed by atoms with van der Waals surface area (Å²) in [6.07, 6.45) is 3.73. The molecule has 0 radical (unpaired) electrons. The molecule has 1 aromatic carbocycles. The Morgan fingerprint density at radius 2 is 2.29 bits per heavy atom. The molecule has 0 saturated carbocycles. The molecule has 112 valence electrons. The topological polar surface area (TPSA) is 55.1 Å². The molecular weight excluding hydrogens is 324 g/mol. The van der Waals surface area contributed by atoms with Crippen LogP contribution in [0.5, 0.6) is 0 Å². The highest BCUT2D eigenvalue weighted by Gasteiger charge is 2.19. The van der Waals surface area contributed by atoms with E-state index in [0.29, 0.717) is 20.8 Å². The number of carbonyl (C=O) groups excluding carboxylic acids is 1. The van der Waals surface area contributed by atoms with Gasteiger partial charge in [-0.15, -0.1) is 11.3 Å². The third-order valence-corrected chi connectivity index (χ3v) is 6.48. The fourth-order valence-electron chi connectivity index (χ4n) is 2.51. The zero-order valence-electron chi connectivity index (χ0n) is 11.5. The Kier molecular flexibility index (Phi) is 4.62. The summed E-state index contributed by atoms with van der Waals surface area (Å²) < 4.78 is 0.995. The lowest BCUT2D eigenvalue weighted by atomic mass is 10.2. The van der Waals surface area contributed by atoms with Gasteiger partial charge in [0.05, 0.1) is 5.69 Å². The summed E-state index contributed by atoms with van der Waals surface area (Å²) in [5.41, 5.74) is 6.64. The van der Waals surface area contributed by atoms with Gasteiger partial charge < -0.3 is 11.1 Å². The maximum absolute atomic E-state index is 12.3. The standard InChI is InChI=1S/C15H17ClN2OS2/c16-9-4-5-12-11(7-9)13(17)14(21-12)15(19)18-8-10-3-1-2-6-20-10/h4-5,7,10H,1-3,6,8,17H2,(H,18,19). The highest BCUT2D eigenvalue weighted by molar-refractivity contribution is 7.99. The summed E-state index contributed by atoms with van der Waals surface area (Å²) in [7, 11) is 0. The molecule has 0 spiro atoms. The van der Waals surface area contributed by atoms with Crippen LogP contribution in [0.1, 0.15) is 28.9 Å². The fourth-order valence-corrected chi connectivity index (χ4v) is 4.94. The first-order valence-electron chi connectivity index (χ1n) is 7.02. The van der Waals surface area contributed by atoms with E-state index in [1.54, 1.807) is 0 Å². The van der Waals surface area contributed by atoms with Crippen molar-refractivity contribution < 1.29 is 4.79 Å². The summed E-state index contributed by atoms with van der Waals surface area (Å²) >= 11 is 9.36. The Morgan fingerprint density at radius 3 is 3.05 bits per heavy atom. The Balaban J connectivity index is 1.73. The molecule has 1 atom stereocenters. The monoisotopic (exact) mass is 340 g/mol. The molecule has 6 heteroatoms. The van der Waals surface area contributed by atoms with Crippen molar-refractivity contribution in [3.05, 3.63) is 28.1 Å². The van der Waals surface area contributed by atoms with Crippen molar-refractivity contribution in [1.29, 1.82) is 0 Å². The van der Waals surface area contributed by atoms with E-state index >= 15 is 0 Å². The number of anilines is 1. The summed E-state index contributed by atoms with van der Waals surface area (Å²) in [6.45, 7) is 0.720. The van der Waals surface area contributed by atoms with Crippen LogP contribution in [0.2, 0.25) is 5.02 Å². The molecule has 1 amide bonds. The normalized spacial score (nSPS) is 18.8. The Bertz CT molecular complexity index is 665. The van der Waals surface area contributed by atoms with Gasteiger partial charge in [-0.05, 0) is 36.8 Å². The van der Waals surface area contributed by atoms with Crippen LogP contribution in [0.15, 0.2) is 18.2 Å². The van der Waals surface area contributed by atoms with Gasteiger partial charge in [0.25, 0.3) is 5.91 Å². The van der Waals surface area contributed by atoms with E-state index in [1.807, 2.05) is 30.0 Å². The number of carbonyl (C=O) groups is 1. The van der Waals surface area contributed by atoms with Crippen LogP contribution in [0.4, 0.5) is 5.69 Å². The fraction of sp³-hybridized carbons (Fsp3) is 0.400. The lowest BCUT2D eigenvalue weighted by Crippen LogP contribution is -2.31. The maximum atomic E-state index is 12.3. The van der Waals surface area contributed by atoms with E-state index in [-0.39, 0.29) is 5.91 Å². The number of fused-ring (bicyclic) bond motifs is 1. The van der Waals surface area contributed by atoms with Crippen LogP contribution >= 0.6 is 34.7 Å². The van der Waals surface area contributed by atoms with E-state index in [4.69, 9.17) is 17.3 Å². The van der Waals surface area contributed by atoms with E-state index in [2.05, 4.69) is 5.32 Å². The highest BCUT2D eigenvalue weighted by Crippen LogP contribution is 2.35. The summed E-state index contributed by atoms with van der Waals surface area (Å²) in [4.78, 5) is 12.9. The molecule has 1 fully saturated rings. The number of hydrogen-bond acceptors (Lipinski definition) is 4. The van der Waals surface area contributed by atoms with Gasteiger partial charge >= 0.3 is 0 Å². The lowest BCUT2D eigenvalue weighted by molar-refractivity contribution is 0.0958. The summed E-state index contributed by atoms with van der Waals surface area (Å²) in [5, 5.41) is 5.06. The molecule has 1 saturated heterocycles. The van der Waals surface area contributed by atoms with E-state index in [9.17, 15) is 4.79 Å². The molecule has 3 nitrogen and oxygen atoms in total. The van der Waals surface area contributed by atoms with Gasteiger partial charge in [-0.3, -0.25) is 4.79 Å². The van der Waals surface area contributed by atoms with Crippen LogP contribution in [-0.4, -0.2) is 23.5 Å². The molecule has 3 N–H and O–H groups in total. The predicted molar refractivity (Wildman–Crippen MR) is 93.7 cm³/mol. The molecule has 3 rings (SSSR count). The van der Waals surface area contributed by atoms with Crippen LogP contribution in [0.25, 0.3) is 10.1 Å². The second-order valence-electron chi connectivity index (χ2n) is 5.18. The van der Waals surface area contributed by atoms with E-state index in [0.717, 1.165) is 16.6 Å². The molecular formula is C15H17ClN2OS2. The van der Waals surface area contributed by atoms with Crippen molar-refractivity contribution in [2.45, 2.75) is 24.5 Å². The molecule has 0 aliphatic carbocycles. The number of benzene rings is 1. The predicted octanol–water partition coefficient (Wildman–Crippen LogP) is 4.15. The minimum atomic E-state index is -0.0732. The number of hydrogen-bond donors (Lipinski definition) is 2. The number of nitrogens with one attached hydrogen (secondary N) is 1. The third kappa shape index (κ3) is 3.30. The first-order valence-corrected chi connectivity index (χ1v) is 9.27. The van der Waals surface area contributed by atoms with Crippen LogP contribution in [0.3, 0.4) is 0 Å². The molecule has 1 aliphatic rings. The lowest BCUT2D eigenvalue weighted by Gasteiger charge is -2.21. The van der Waals surface area contributed by atoms with Crippen LogP contribution in [0, 0.1) is 0 Å². The summed E-state index contributed by atoms with van der Waals surface area (Å²) in [5.74, 6) is 1.13. The number of thioether (sulfide) groups is 1. The quantitative estimate of drug-likeness (QED) is 0.882. The molecule has 1 unspecified atom stereocenters. The van der Waals surface area contributed by atoms with Crippen molar-refractivity contribution in [3.63, 3.8) is 0 Å². The van der Waals surface area contributed by atoms with Crippen molar-refractivity contribution >= 4 is 56.4 Å². The Hall–Kier alpha value is -0.910. The van der Waals surface area contributed by atoms with Crippen molar-refractivity contribution in [2.75, 3.05) is 18.0 Å². The van der Waals surface area contributed by atoms with Crippen LogP contribution in [-0.2, 0) is 0 Å². The molecule has 1 aliphatic heterocycles. The van der Waals surface area contributed by atoms with Gasteiger partial charge in [-0.25, -0.2) is 0 Å². The number of nitrogens with two attached hydrogens (primary N) is 1. The van der Waals surface area contributed by atoms with Gasteiger partial charge in [0.1, 0.15) is 4.88 Å².